The lowest BCUT2D eigenvalue weighted by atomic mass is 9.58. The SMILES string of the molecule is CC1(C)CCCC2c3cc(-c4ccc5c6c(-c7ccccc7)c7c8ccc(-c9ccc%10c(c9)C9CCCC(C)(C)C9(C)N%10c9ccccc9)c9c(-c%10ccc%11c(c%10)C%10CCCC(C)(C)C%10(C)N%11c%10ccccc%10)ccc(c7c(-c7ccccc7)c6c6ccc(-c7ccc%10c(c7)C7CCCC(C)(C)C7(C)N%10c7ccccc7)c4c56)c98)ccc3N(c3ccccc3)C21C. The minimum absolute atomic E-state index is 0.0512. The van der Waals surface area contributed by atoms with Crippen molar-refractivity contribution in [2.24, 2.45) is 21.7 Å². The number of anilines is 8. The fourth-order valence-electron chi connectivity index (χ4n) is 28.8. The molecule has 0 bridgehead atoms. The maximum Gasteiger partial charge on any atom is 0.0543 e. The molecule has 4 fully saturated rings. The predicted molar refractivity (Wildman–Crippen MR) is 536 cm³/mol. The first-order valence-electron chi connectivity index (χ1n) is 47.6. The Kier molecular flexibility index (Phi) is 16.3. The largest absolute Gasteiger partial charge is 0.334 e. The van der Waals surface area contributed by atoms with Gasteiger partial charge in [0.2, 0.25) is 0 Å². The monoisotopic (exact) mass is 1630 g/mol. The summed E-state index contributed by atoms with van der Waals surface area (Å²) in [5.74, 6) is 1.38. The van der Waals surface area contributed by atoms with Gasteiger partial charge in [-0.2, -0.15) is 0 Å². The van der Waals surface area contributed by atoms with Crippen molar-refractivity contribution in [3.8, 4) is 66.8 Å². The van der Waals surface area contributed by atoms with E-state index in [9.17, 15) is 0 Å². The number of rotatable bonds is 10. The zero-order valence-electron chi connectivity index (χ0n) is 75.5. The highest BCUT2D eigenvalue weighted by molar-refractivity contribution is 6.48. The van der Waals surface area contributed by atoms with E-state index in [2.05, 4.69) is 406 Å². The standard InChI is InChI=1S/C122H114N4/c1-115(2)67-31-47-97-93-71-77(51-63-101(93)123(119(97,115)9)81-39-23-15-24-40-81)85-55-59-89-109-90(60-56-86(107(85)109)78-52-64-102-94(72-78)98-48-32-68-116(3,4)120(98,10)124(102)82-41-25-16-26-42-82)112-106(76-37-21-14-22-38-76)114-92-62-58-88(80-54-66-104-96(74-80)100-50-34-70-118(7,8)122(100,12)126(104)84-45-29-18-30-46-84)108-87(57-61-91(110(92)108)113(114)105(111(89)112)75-35-19-13-20-36-75)79-53-65-103-95(73-79)99-49-33-69-117(5,6)121(99,11)125(103)83-43-27-17-28-44-83/h13-30,35-46,51-66,71-74,97-100H,31-34,47-50,67-70H2,1-12H3. The molecule has 4 aliphatic heterocycles. The van der Waals surface area contributed by atoms with Crippen LogP contribution in [0.2, 0.25) is 0 Å². The van der Waals surface area contributed by atoms with Crippen LogP contribution in [0.5, 0.6) is 0 Å². The normalized spacial score (nSPS) is 24.6. The second-order valence-electron chi connectivity index (χ2n) is 42.8. The Labute approximate surface area is 744 Å². The highest BCUT2D eigenvalue weighted by Crippen LogP contribution is 2.71. The summed E-state index contributed by atoms with van der Waals surface area (Å²) >= 11 is 0. The first-order valence-corrected chi connectivity index (χ1v) is 47.6. The average Bonchev–Trinajstić information content (AvgIpc) is 1.44. The van der Waals surface area contributed by atoms with E-state index < -0.39 is 0 Å². The number of hydrogen-bond donors (Lipinski definition) is 0. The van der Waals surface area contributed by atoms with Gasteiger partial charge in [0.1, 0.15) is 0 Å². The van der Waals surface area contributed by atoms with Gasteiger partial charge in [0.05, 0.1) is 22.2 Å². The smallest absolute Gasteiger partial charge is 0.0543 e. The summed E-state index contributed by atoms with van der Waals surface area (Å²) in [6.07, 6.45) is 14.3. The number of benzene rings is 15. The maximum atomic E-state index is 2.77. The predicted octanol–water partition coefficient (Wildman–Crippen LogP) is 34.3. The zero-order valence-corrected chi connectivity index (χ0v) is 75.5. The molecular weight excluding hydrogens is 1520 g/mol. The van der Waals surface area contributed by atoms with Crippen LogP contribution >= 0.6 is 0 Å². The van der Waals surface area contributed by atoms with E-state index in [0.717, 1.165) is 25.7 Å². The molecule has 8 aliphatic rings. The Morgan fingerprint density at radius 1 is 0.206 bits per heavy atom. The number of para-hydroxylation sites is 4. The Bertz CT molecular complexity index is 6500. The van der Waals surface area contributed by atoms with E-state index in [1.807, 2.05) is 0 Å². The third-order valence-electron chi connectivity index (χ3n) is 36.1. The van der Waals surface area contributed by atoms with Crippen molar-refractivity contribution < 1.29 is 0 Å². The summed E-state index contributed by atoms with van der Waals surface area (Å²) < 4.78 is 0. The molecular formula is C122H114N4. The lowest BCUT2D eigenvalue weighted by molar-refractivity contribution is 0.101. The number of fused-ring (bicyclic) bond motifs is 18. The van der Waals surface area contributed by atoms with Crippen LogP contribution in [0.25, 0.3) is 131 Å². The lowest BCUT2D eigenvalue weighted by Gasteiger charge is -2.55. The molecule has 0 spiro atoms. The second kappa shape index (κ2) is 26.8. The molecule has 17 aromatic carbocycles. The minimum atomic E-state index is -0.138. The van der Waals surface area contributed by atoms with Crippen molar-refractivity contribution in [1.29, 1.82) is 0 Å². The van der Waals surface area contributed by atoms with Gasteiger partial charge in [-0.15, -0.1) is 0 Å². The first-order chi connectivity index (χ1) is 61.1. The van der Waals surface area contributed by atoms with E-state index in [4.69, 9.17) is 0 Å². The van der Waals surface area contributed by atoms with Gasteiger partial charge in [0.15, 0.2) is 0 Å². The molecule has 0 amide bonds. The van der Waals surface area contributed by atoms with Crippen LogP contribution in [0.3, 0.4) is 0 Å². The average molecular weight is 1640 g/mol. The summed E-state index contributed by atoms with van der Waals surface area (Å²) in [5.41, 5.74) is 31.5. The number of hydrogen-bond acceptors (Lipinski definition) is 4. The summed E-state index contributed by atoms with van der Waals surface area (Å²) in [6.45, 7) is 30.8. The van der Waals surface area contributed by atoms with Crippen LogP contribution in [0.1, 0.15) is 206 Å². The van der Waals surface area contributed by atoms with Crippen LogP contribution in [0, 0.1) is 21.7 Å². The Hall–Kier alpha value is -12.0. The molecule has 4 aliphatic carbocycles. The zero-order chi connectivity index (χ0) is 85.2. The third kappa shape index (κ3) is 9.98. The quantitative estimate of drug-likeness (QED) is 0.135. The molecule has 17 aromatic rings. The van der Waals surface area contributed by atoms with Crippen LogP contribution in [0.4, 0.5) is 45.5 Å². The van der Waals surface area contributed by atoms with Crippen LogP contribution < -0.4 is 19.6 Å². The third-order valence-corrected chi connectivity index (χ3v) is 36.1. The van der Waals surface area contributed by atoms with E-state index in [1.165, 1.54) is 251 Å². The van der Waals surface area contributed by atoms with Crippen molar-refractivity contribution in [3.05, 3.63) is 326 Å². The molecule has 622 valence electrons. The molecule has 0 saturated heterocycles. The maximum absolute atomic E-state index is 2.77. The van der Waals surface area contributed by atoms with Crippen molar-refractivity contribution in [1.82, 2.24) is 0 Å². The van der Waals surface area contributed by atoms with Gasteiger partial charge < -0.3 is 19.6 Å². The summed E-state index contributed by atoms with van der Waals surface area (Å²) in [6, 6.07) is 120. The lowest BCUT2D eigenvalue weighted by Crippen LogP contribution is -2.56. The summed E-state index contributed by atoms with van der Waals surface area (Å²) in [5, 5.41) is 15.9. The van der Waals surface area contributed by atoms with Gasteiger partial charge in [0.25, 0.3) is 0 Å². The van der Waals surface area contributed by atoms with E-state index in [1.54, 1.807) is 0 Å². The van der Waals surface area contributed by atoms with E-state index in [0.29, 0.717) is 23.7 Å². The van der Waals surface area contributed by atoms with Crippen molar-refractivity contribution >= 4 is 110 Å². The van der Waals surface area contributed by atoms with Crippen molar-refractivity contribution in [2.45, 2.75) is 206 Å². The molecule has 4 heteroatoms. The molecule has 4 saturated carbocycles. The molecule has 0 aromatic heterocycles. The highest BCUT2D eigenvalue weighted by atomic mass is 15.3. The van der Waals surface area contributed by atoms with Gasteiger partial charge in [-0.1, -0.05) is 287 Å². The molecule has 0 N–H and O–H groups in total. The first kappa shape index (κ1) is 76.5. The van der Waals surface area contributed by atoms with Gasteiger partial charge in [0, 0.05) is 69.2 Å². The fourth-order valence-corrected chi connectivity index (χ4v) is 28.8. The van der Waals surface area contributed by atoms with Gasteiger partial charge in [-0.25, -0.2) is 0 Å². The van der Waals surface area contributed by atoms with Crippen LogP contribution in [-0.2, 0) is 0 Å². The Balaban J connectivity index is 0.789. The molecule has 25 rings (SSSR count). The van der Waals surface area contributed by atoms with E-state index >= 15 is 0 Å². The van der Waals surface area contributed by atoms with Crippen LogP contribution in [-0.4, -0.2) is 22.2 Å². The molecule has 4 heterocycles. The highest BCUT2D eigenvalue weighted by Gasteiger charge is 2.63. The number of nitrogens with zero attached hydrogens (tertiary/aromatic N) is 4. The Morgan fingerprint density at radius 3 is 0.643 bits per heavy atom. The van der Waals surface area contributed by atoms with Gasteiger partial charge in [-0.3, -0.25) is 0 Å². The van der Waals surface area contributed by atoms with Crippen molar-refractivity contribution in [3.63, 3.8) is 0 Å². The second-order valence-corrected chi connectivity index (χ2v) is 42.8. The summed E-state index contributed by atoms with van der Waals surface area (Å²) in [7, 11) is 0. The van der Waals surface area contributed by atoms with Gasteiger partial charge in [-0.05, 0) is 351 Å². The minimum Gasteiger partial charge on any atom is -0.334 e. The summed E-state index contributed by atoms with van der Waals surface area (Å²) in [4.78, 5) is 11.1. The Morgan fingerprint density at radius 2 is 0.421 bits per heavy atom. The van der Waals surface area contributed by atoms with Gasteiger partial charge >= 0.3 is 0 Å². The molecule has 0 radical (unpaired) electrons. The topological polar surface area (TPSA) is 13.0 Å². The van der Waals surface area contributed by atoms with Crippen LogP contribution in [0.15, 0.2) is 303 Å². The molecule has 8 atom stereocenters. The molecule has 4 nitrogen and oxygen atoms in total. The molecule has 126 heavy (non-hydrogen) atoms. The fraction of sp³-hybridized carbons (Fsp3) is 0.295. The van der Waals surface area contributed by atoms with E-state index in [-0.39, 0.29) is 43.8 Å². The molecule has 8 unspecified atom stereocenters. The van der Waals surface area contributed by atoms with Crippen molar-refractivity contribution in [2.75, 3.05) is 19.6 Å².